The van der Waals surface area contributed by atoms with Crippen molar-refractivity contribution in [2.24, 2.45) is 0 Å². The molecule has 0 aliphatic rings. The molecule has 0 fully saturated rings. The van der Waals surface area contributed by atoms with Crippen LogP contribution in [0.1, 0.15) is 11.1 Å². The number of hydrogen-bond acceptors (Lipinski definition) is 2. The summed E-state index contributed by atoms with van der Waals surface area (Å²) >= 11 is 0. The molecule has 25 heavy (non-hydrogen) atoms. The predicted octanol–water partition coefficient (Wildman–Crippen LogP) is 4.53. The molecule has 0 aliphatic heterocycles. The molecule has 0 unspecified atom stereocenters. The second kappa shape index (κ2) is 7.07. The van der Waals surface area contributed by atoms with Crippen molar-refractivity contribution in [1.82, 2.24) is 0 Å². The number of aryl methyl sites for hydroxylation is 1. The molecule has 0 aliphatic carbocycles. The summed E-state index contributed by atoms with van der Waals surface area (Å²) < 4.78 is 41.1. The van der Waals surface area contributed by atoms with Crippen LogP contribution in [0.4, 0.5) is 10.1 Å². The van der Waals surface area contributed by atoms with Gasteiger partial charge in [-0.1, -0.05) is 48.0 Å². The van der Waals surface area contributed by atoms with Crippen LogP contribution in [0.25, 0.3) is 0 Å². The monoisotopic (exact) mass is 355 g/mol. The Labute approximate surface area is 147 Å². The van der Waals surface area contributed by atoms with E-state index >= 15 is 0 Å². The SMILES string of the molecule is Cc1ccc(S(=O)(=O)N(Cc2cccc(F)c2)c2ccccc2)cc1. The van der Waals surface area contributed by atoms with Crippen LogP contribution in [0.15, 0.2) is 83.8 Å². The van der Waals surface area contributed by atoms with Crippen LogP contribution >= 0.6 is 0 Å². The lowest BCUT2D eigenvalue weighted by atomic mass is 10.2. The van der Waals surface area contributed by atoms with E-state index in [-0.39, 0.29) is 11.4 Å². The van der Waals surface area contributed by atoms with E-state index in [1.54, 1.807) is 60.7 Å². The van der Waals surface area contributed by atoms with Crippen LogP contribution in [0.2, 0.25) is 0 Å². The summed E-state index contributed by atoms with van der Waals surface area (Å²) in [5.74, 6) is -0.391. The Kier molecular flexibility index (Phi) is 4.86. The standard InChI is InChI=1S/C20H18FNO2S/c1-16-10-12-20(13-11-16)25(23,24)22(19-8-3-2-4-9-19)15-17-6-5-7-18(21)14-17/h2-14H,15H2,1H3. The lowest BCUT2D eigenvalue weighted by molar-refractivity contribution is 0.589. The van der Waals surface area contributed by atoms with E-state index < -0.39 is 15.8 Å². The van der Waals surface area contributed by atoms with Crippen LogP contribution in [0, 0.1) is 12.7 Å². The zero-order chi connectivity index (χ0) is 17.9. The third-order valence-corrected chi connectivity index (χ3v) is 5.66. The van der Waals surface area contributed by atoms with E-state index in [1.165, 1.54) is 16.4 Å². The zero-order valence-electron chi connectivity index (χ0n) is 13.8. The Hall–Kier alpha value is -2.66. The van der Waals surface area contributed by atoms with Crippen LogP contribution < -0.4 is 4.31 Å². The summed E-state index contributed by atoms with van der Waals surface area (Å²) in [4.78, 5) is 0.207. The number of nitrogens with zero attached hydrogens (tertiary/aromatic N) is 1. The smallest absolute Gasteiger partial charge is 0.262 e. The van der Waals surface area contributed by atoms with Crippen LogP contribution in [-0.4, -0.2) is 8.42 Å². The fraction of sp³-hybridized carbons (Fsp3) is 0.100. The van der Waals surface area contributed by atoms with Crippen LogP contribution in [-0.2, 0) is 16.6 Å². The second-order valence-electron chi connectivity index (χ2n) is 5.79. The molecule has 0 saturated carbocycles. The maximum absolute atomic E-state index is 13.5. The van der Waals surface area contributed by atoms with Gasteiger partial charge in [-0.3, -0.25) is 4.31 Å². The van der Waals surface area contributed by atoms with Crippen molar-refractivity contribution in [3.8, 4) is 0 Å². The molecule has 0 radical (unpaired) electrons. The van der Waals surface area contributed by atoms with Gasteiger partial charge >= 0.3 is 0 Å². The molecule has 5 heteroatoms. The van der Waals surface area contributed by atoms with E-state index in [2.05, 4.69) is 0 Å². The van der Waals surface area contributed by atoms with Gasteiger partial charge in [-0.05, 0) is 48.9 Å². The lowest BCUT2D eigenvalue weighted by Gasteiger charge is -2.25. The number of rotatable bonds is 5. The molecule has 0 heterocycles. The molecule has 0 atom stereocenters. The third-order valence-electron chi connectivity index (χ3n) is 3.87. The normalized spacial score (nSPS) is 11.3. The fourth-order valence-electron chi connectivity index (χ4n) is 2.55. The average molecular weight is 355 g/mol. The van der Waals surface area contributed by atoms with Crippen molar-refractivity contribution in [3.05, 3.63) is 95.8 Å². The Morgan fingerprint density at radius 1 is 0.880 bits per heavy atom. The first-order chi connectivity index (χ1) is 12.0. The molecule has 0 bridgehead atoms. The van der Waals surface area contributed by atoms with E-state index in [4.69, 9.17) is 0 Å². The molecule has 128 valence electrons. The van der Waals surface area contributed by atoms with Crippen LogP contribution in [0.5, 0.6) is 0 Å². The Balaban J connectivity index is 2.06. The molecule has 3 aromatic carbocycles. The van der Waals surface area contributed by atoms with E-state index in [0.717, 1.165) is 5.56 Å². The van der Waals surface area contributed by atoms with Crippen LogP contribution in [0.3, 0.4) is 0 Å². The molecule has 0 spiro atoms. The molecule has 3 nitrogen and oxygen atoms in total. The minimum atomic E-state index is -3.77. The van der Waals surface area contributed by atoms with Gasteiger partial charge in [0, 0.05) is 0 Å². The topological polar surface area (TPSA) is 37.4 Å². The van der Waals surface area contributed by atoms with Gasteiger partial charge < -0.3 is 0 Å². The summed E-state index contributed by atoms with van der Waals surface area (Å²) in [6, 6.07) is 21.5. The first-order valence-electron chi connectivity index (χ1n) is 7.86. The van der Waals surface area contributed by atoms with E-state index in [9.17, 15) is 12.8 Å². The Bertz CT molecular complexity index is 955. The minimum Gasteiger partial charge on any atom is -0.262 e. The van der Waals surface area contributed by atoms with Gasteiger partial charge in [0.1, 0.15) is 5.82 Å². The first kappa shape index (κ1) is 17.2. The van der Waals surface area contributed by atoms with Crippen molar-refractivity contribution in [2.45, 2.75) is 18.4 Å². The van der Waals surface area contributed by atoms with Gasteiger partial charge in [-0.2, -0.15) is 0 Å². The van der Waals surface area contributed by atoms with Gasteiger partial charge in [0.15, 0.2) is 0 Å². The van der Waals surface area contributed by atoms with Crippen molar-refractivity contribution in [1.29, 1.82) is 0 Å². The number of benzene rings is 3. The van der Waals surface area contributed by atoms with Crippen molar-refractivity contribution in [3.63, 3.8) is 0 Å². The van der Waals surface area contributed by atoms with E-state index in [1.807, 2.05) is 13.0 Å². The summed E-state index contributed by atoms with van der Waals surface area (Å²) in [5.41, 5.74) is 2.10. The quantitative estimate of drug-likeness (QED) is 0.674. The fourth-order valence-corrected chi connectivity index (χ4v) is 4.00. The third kappa shape index (κ3) is 3.88. The van der Waals surface area contributed by atoms with Gasteiger partial charge in [0.25, 0.3) is 10.0 Å². The molecule has 0 aromatic heterocycles. The highest BCUT2D eigenvalue weighted by Crippen LogP contribution is 2.26. The maximum atomic E-state index is 13.5. The van der Waals surface area contributed by atoms with Gasteiger partial charge in [-0.25, -0.2) is 12.8 Å². The van der Waals surface area contributed by atoms with Crippen molar-refractivity contribution in [2.75, 3.05) is 4.31 Å². The predicted molar refractivity (Wildman–Crippen MR) is 97.4 cm³/mol. The van der Waals surface area contributed by atoms with Crippen molar-refractivity contribution < 1.29 is 12.8 Å². The number of para-hydroxylation sites is 1. The molecule has 3 aromatic rings. The second-order valence-corrected chi connectivity index (χ2v) is 7.65. The molecular weight excluding hydrogens is 337 g/mol. The molecule has 0 amide bonds. The largest absolute Gasteiger partial charge is 0.264 e. The Morgan fingerprint density at radius 2 is 1.56 bits per heavy atom. The number of hydrogen-bond donors (Lipinski definition) is 0. The highest BCUT2D eigenvalue weighted by atomic mass is 32.2. The van der Waals surface area contributed by atoms with Gasteiger partial charge in [0.2, 0.25) is 0 Å². The Morgan fingerprint density at radius 3 is 2.20 bits per heavy atom. The lowest BCUT2D eigenvalue weighted by Crippen LogP contribution is -2.30. The zero-order valence-corrected chi connectivity index (χ0v) is 14.6. The number of sulfonamides is 1. The number of anilines is 1. The van der Waals surface area contributed by atoms with Gasteiger partial charge in [0.05, 0.1) is 17.1 Å². The minimum absolute atomic E-state index is 0.0536. The average Bonchev–Trinajstić information content (AvgIpc) is 2.61. The molecule has 0 saturated heterocycles. The highest BCUT2D eigenvalue weighted by molar-refractivity contribution is 7.92. The summed E-state index contributed by atoms with van der Waals surface area (Å²) in [6.07, 6.45) is 0. The molecular formula is C20H18FNO2S. The summed E-state index contributed by atoms with van der Waals surface area (Å²) in [7, 11) is -3.77. The van der Waals surface area contributed by atoms with E-state index in [0.29, 0.717) is 11.3 Å². The molecule has 3 rings (SSSR count). The number of halogens is 1. The highest BCUT2D eigenvalue weighted by Gasteiger charge is 2.25. The van der Waals surface area contributed by atoms with Gasteiger partial charge in [-0.15, -0.1) is 0 Å². The van der Waals surface area contributed by atoms with Crippen molar-refractivity contribution >= 4 is 15.7 Å². The first-order valence-corrected chi connectivity index (χ1v) is 9.30. The summed E-state index contributed by atoms with van der Waals surface area (Å²) in [5, 5.41) is 0. The molecule has 0 N–H and O–H groups in total. The summed E-state index contributed by atoms with van der Waals surface area (Å²) in [6.45, 7) is 1.95. The maximum Gasteiger partial charge on any atom is 0.264 e.